The zero-order chi connectivity index (χ0) is 40.3. The summed E-state index contributed by atoms with van der Waals surface area (Å²) in [5.41, 5.74) is 0. The van der Waals surface area contributed by atoms with E-state index in [0.717, 1.165) is 57.8 Å². The Balaban J connectivity index is 3.88. The molecule has 0 spiro atoms. The van der Waals surface area contributed by atoms with Gasteiger partial charge in [0.05, 0.1) is 6.61 Å². The van der Waals surface area contributed by atoms with E-state index >= 15 is 0 Å². The number of allylic oxidation sites excluding steroid dienone is 8. The number of carbonyl (C=O) groups is 2. The second-order valence-corrected chi connectivity index (χ2v) is 16.2. The third kappa shape index (κ3) is 44.6. The van der Waals surface area contributed by atoms with Crippen molar-refractivity contribution in [3.63, 3.8) is 0 Å². The summed E-state index contributed by atoms with van der Waals surface area (Å²) >= 11 is 0. The fourth-order valence-corrected chi connectivity index (χ4v) is 6.67. The minimum atomic E-state index is -4.76. The Bertz CT molecular complexity index is 1030. The van der Waals surface area contributed by atoms with Gasteiger partial charge in [-0.25, -0.2) is 4.57 Å². The Hall–Kier alpha value is -1.99. The molecular formula is C46H83O8P. The number of rotatable bonds is 41. The van der Waals surface area contributed by atoms with Crippen molar-refractivity contribution >= 4 is 19.8 Å². The SMILES string of the molecule is CC/C=C/C/C=C/C/C=C/C/C=C/CCCCC(=O)OC[C@H](COP(=O)(O)O)OC(=O)CCCCCCCCCCCCCCCCCCCCCCCC. The summed E-state index contributed by atoms with van der Waals surface area (Å²) in [6.45, 7) is 3.56. The summed E-state index contributed by atoms with van der Waals surface area (Å²) in [4.78, 5) is 42.9. The molecule has 2 N–H and O–H groups in total. The van der Waals surface area contributed by atoms with Gasteiger partial charge in [0.15, 0.2) is 6.10 Å². The summed E-state index contributed by atoms with van der Waals surface area (Å²) in [6.07, 6.45) is 51.3. The second kappa shape index (κ2) is 41.6. The molecule has 9 heteroatoms. The lowest BCUT2D eigenvalue weighted by Crippen LogP contribution is -2.29. The van der Waals surface area contributed by atoms with Crippen molar-refractivity contribution in [2.75, 3.05) is 13.2 Å². The van der Waals surface area contributed by atoms with E-state index in [1.54, 1.807) is 0 Å². The molecule has 320 valence electrons. The fraction of sp³-hybridized carbons (Fsp3) is 0.783. The van der Waals surface area contributed by atoms with Gasteiger partial charge in [-0.05, 0) is 51.4 Å². The minimum Gasteiger partial charge on any atom is -0.462 e. The van der Waals surface area contributed by atoms with E-state index < -0.39 is 32.5 Å². The van der Waals surface area contributed by atoms with Crippen LogP contribution in [-0.2, 0) is 28.2 Å². The van der Waals surface area contributed by atoms with Crippen LogP contribution in [0.15, 0.2) is 48.6 Å². The first-order valence-corrected chi connectivity index (χ1v) is 24.0. The standard InChI is InChI=1S/C46H83O8P/c1-3-5-7-9-11-13-15-17-19-20-21-22-23-24-25-27-29-31-33-35-37-39-41-46(48)54-44(43-53-55(49,50)51)42-52-45(47)40-38-36-34-32-30-28-26-18-16-14-12-10-8-6-4-2/h6,8,12,14,18,26,30,32,44H,3-5,7,9-11,13,15-17,19-25,27-29,31,33-43H2,1-2H3,(H2,49,50,51)/b8-6+,14-12+,26-18+,32-30+/t44-/m1/s1. The van der Waals surface area contributed by atoms with Crippen LogP contribution in [0.25, 0.3) is 0 Å². The van der Waals surface area contributed by atoms with Crippen molar-refractivity contribution in [2.45, 2.75) is 219 Å². The van der Waals surface area contributed by atoms with Crippen LogP contribution in [0, 0.1) is 0 Å². The molecular weight excluding hydrogens is 711 g/mol. The van der Waals surface area contributed by atoms with Crippen LogP contribution in [0.4, 0.5) is 0 Å². The van der Waals surface area contributed by atoms with E-state index in [1.165, 1.54) is 116 Å². The smallest absolute Gasteiger partial charge is 0.462 e. The average Bonchev–Trinajstić information content (AvgIpc) is 3.16. The van der Waals surface area contributed by atoms with Crippen molar-refractivity contribution in [2.24, 2.45) is 0 Å². The summed E-state index contributed by atoms with van der Waals surface area (Å²) in [5.74, 6) is -0.927. The van der Waals surface area contributed by atoms with Crippen molar-refractivity contribution in [1.82, 2.24) is 0 Å². The van der Waals surface area contributed by atoms with Gasteiger partial charge in [-0.15, -0.1) is 0 Å². The molecule has 0 rings (SSSR count). The fourth-order valence-electron chi connectivity index (χ4n) is 6.31. The van der Waals surface area contributed by atoms with E-state index in [-0.39, 0.29) is 19.4 Å². The van der Waals surface area contributed by atoms with Gasteiger partial charge < -0.3 is 19.3 Å². The predicted molar refractivity (Wildman–Crippen MR) is 230 cm³/mol. The van der Waals surface area contributed by atoms with Gasteiger partial charge in [0.2, 0.25) is 0 Å². The highest BCUT2D eigenvalue weighted by molar-refractivity contribution is 7.46. The maximum absolute atomic E-state index is 12.4. The molecule has 0 aliphatic rings. The molecule has 0 bridgehead atoms. The number of unbranched alkanes of at least 4 members (excludes halogenated alkanes) is 23. The Kier molecular flexibility index (Phi) is 40.1. The zero-order valence-corrected chi connectivity index (χ0v) is 36.2. The Morgan fingerprint density at radius 1 is 0.491 bits per heavy atom. The number of ether oxygens (including phenoxy) is 2. The van der Waals surface area contributed by atoms with Gasteiger partial charge in [-0.1, -0.05) is 197 Å². The molecule has 0 amide bonds. The van der Waals surface area contributed by atoms with Gasteiger partial charge >= 0.3 is 19.8 Å². The molecule has 0 saturated carbocycles. The van der Waals surface area contributed by atoms with Gasteiger partial charge in [0.25, 0.3) is 0 Å². The highest BCUT2D eigenvalue weighted by Crippen LogP contribution is 2.36. The van der Waals surface area contributed by atoms with E-state index in [1.807, 2.05) is 0 Å². The maximum Gasteiger partial charge on any atom is 0.469 e. The molecule has 55 heavy (non-hydrogen) atoms. The van der Waals surface area contributed by atoms with E-state index in [0.29, 0.717) is 12.8 Å². The monoisotopic (exact) mass is 795 g/mol. The van der Waals surface area contributed by atoms with Crippen LogP contribution in [0.3, 0.4) is 0 Å². The minimum absolute atomic E-state index is 0.205. The molecule has 0 aromatic rings. The van der Waals surface area contributed by atoms with Crippen molar-refractivity contribution in [3.8, 4) is 0 Å². The highest BCUT2D eigenvalue weighted by atomic mass is 31.2. The van der Waals surface area contributed by atoms with E-state index in [9.17, 15) is 14.2 Å². The third-order valence-electron chi connectivity index (χ3n) is 9.61. The number of phosphoric ester groups is 1. The lowest BCUT2D eigenvalue weighted by Gasteiger charge is -2.18. The molecule has 0 fully saturated rings. The molecule has 0 aromatic carbocycles. The molecule has 0 saturated heterocycles. The van der Waals surface area contributed by atoms with Crippen molar-refractivity contribution in [3.05, 3.63) is 48.6 Å². The van der Waals surface area contributed by atoms with Crippen LogP contribution in [0.1, 0.15) is 213 Å². The number of hydrogen-bond acceptors (Lipinski definition) is 6. The predicted octanol–water partition coefficient (Wildman–Crippen LogP) is 13.9. The van der Waals surface area contributed by atoms with Crippen LogP contribution < -0.4 is 0 Å². The largest absolute Gasteiger partial charge is 0.469 e. The maximum atomic E-state index is 12.4. The highest BCUT2D eigenvalue weighted by Gasteiger charge is 2.22. The van der Waals surface area contributed by atoms with E-state index in [2.05, 4.69) is 67.0 Å². The molecule has 0 heterocycles. The first-order chi connectivity index (χ1) is 26.8. The summed E-state index contributed by atoms with van der Waals surface area (Å²) in [6, 6.07) is 0. The van der Waals surface area contributed by atoms with Gasteiger partial charge in [-0.2, -0.15) is 0 Å². The topological polar surface area (TPSA) is 119 Å². The molecule has 8 nitrogen and oxygen atoms in total. The van der Waals surface area contributed by atoms with Gasteiger partial charge in [0, 0.05) is 12.8 Å². The lowest BCUT2D eigenvalue weighted by atomic mass is 10.0. The Morgan fingerprint density at radius 3 is 1.31 bits per heavy atom. The molecule has 0 radical (unpaired) electrons. The molecule has 0 aromatic heterocycles. The van der Waals surface area contributed by atoms with Gasteiger partial charge in [0.1, 0.15) is 6.61 Å². The van der Waals surface area contributed by atoms with Gasteiger partial charge in [-0.3, -0.25) is 14.1 Å². The first kappa shape index (κ1) is 53.0. The average molecular weight is 795 g/mol. The van der Waals surface area contributed by atoms with Crippen LogP contribution >= 0.6 is 7.82 Å². The van der Waals surface area contributed by atoms with Crippen molar-refractivity contribution < 1.29 is 37.9 Å². The molecule has 0 aliphatic heterocycles. The summed E-state index contributed by atoms with van der Waals surface area (Å²) in [7, 11) is -4.76. The zero-order valence-electron chi connectivity index (χ0n) is 35.3. The van der Waals surface area contributed by atoms with Crippen LogP contribution in [0.5, 0.6) is 0 Å². The summed E-state index contributed by atoms with van der Waals surface area (Å²) < 4.78 is 26.4. The third-order valence-corrected chi connectivity index (χ3v) is 10.1. The van der Waals surface area contributed by atoms with Crippen LogP contribution in [0.2, 0.25) is 0 Å². The van der Waals surface area contributed by atoms with E-state index in [4.69, 9.17) is 19.3 Å². The molecule has 0 aliphatic carbocycles. The number of carbonyl (C=O) groups excluding carboxylic acids is 2. The number of phosphoric acid groups is 1. The van der Waals surface area contributed by atoms with Crippen LogP contribution in [-0.4, -0.2) is 41.0 Å². The quantitative estimate of drug-likeness (QED) is 0.0272. The molecule has 1 atom stereocenters. The number of esters is 2. The summed E-state index contributed by atoms with van der Waals surface area (Å²) in [5, 5.41) is 0. The normalized spacial score (nSPS) is 12.9. The second-order valence-electron chi connectivity index (χ2n) is 15.0. The first-order valence-electron chi connectivity index (χ1n) is 22.4. The van der Waals surface area contributed by atoms with Crippen molar-refractivity contribution in [1.29, 1.82) is 0 Å². The Labute approximate surface area is 337 Å². The molecule has 0 unspecified atom stereocenters. The lowest BCUT2D eigenvalue weighted by molar-refractivity contribution is -0.161. The number of hydrogen-bond donors (Lipinski definition) is 2. The Morgan fingerprint density at radius 2 is 0.873 bits per heavy atom.